The molecule has 2 aliphatic heterocycles. The third-order valence-electron chi connectivity index (χ3n) is 2.40. The first-order valence-electron chi connectivity index (χ1n) is 5.03. The number of carbonyl (C=O) groups is 2. The zero-order chi connectivity index (χ0) is 10.7. The molecule has 1 atom stereocenters. The van der Waals surface area contributed by atoms with Crippen LogP contribution in [0.2, 0.25) is 0 Å². The van der Waals surface area contributed by atoms with E-state index >= 15 is 0 Å². The van der Waals surface area contributed by atoms with Crippen LogP contribution in [0.4, 0.5) is 4.79 Å². The van der Waals surface area contributed by atoms with Gasteiger partial charge < -0.3 is 16.0 Å². The van der Waals surface area contributed by atoms with Crippen molar-refractivity contribution >= 4 is 11.9 Å². The van der Waals surface area contributed by atoms with Gasteiger partial charge in [0.15, 0.2) is 0 Å². The first kappa shape index (κ1) is 9.97. The maximum absolute atomic E-state index is 11.4. The van der Waals surface area contributed by atoms with Crippen molar-refractivity contribution in [1.82, 2.24) is 21.3 Å². The number of hydrogen-bond acceptors (Lipinski definition) is 3. The van der Waals surface area contributed by atoms with Crippen LogP contribution in [0.5, 0.6) is 0 Å². The largest absolute Gasteiger partial charge is 0.347 e. The Labute approximate surface area is 87.5 Å². The van der Waals surface area contributed by atoms with Gasteiger partial charge in [-0.3, -0.25) is 10.1 Å². The normalized spacial score (nSPS) is 24.7. The number of urea groups is 1. The average Bonchev–Trinajstić information content (AvgIpc) is 2.77. The Bertz CT molecular complexity index is 307. The Morgan fingerprint density at radius 1 is 1.53 bits per heavy atom. The molecule has 0 aliphatic carbocycles. The number of hydrogen-bond donors (Lipinski definition) is 4. The zero-order valence-electron chi connectivity index (χ0n) is 8.30. The Morgan fingerprint density at radius 2 is 2.40 bits per heavy atom. The van der Waals surface area contributed by atoms with Crippen LogP contribution in [0, 0.1) is 0 Å². The summed E-state index contributed by atoms with van der Waals surface area (Å²) in [5.41, 5.74) is 0.607. The summed E-state index contributed by atoms with van der Waals surface area (Å²) >= 11 is 0. The molecule has 15 heavy (non-hydrogen) atoms. The van der Waals surface area contributed by atoms with E-state index in [2.05, 4.69) is 21.3 Å². The predicted octanol–water partition coefficient (Wildman–Crippen LogP) is -0.991. The fourth-order valence-electron chi connectivity index (χ4n) is 1.67. The van der Waals surface area contributed by atoms with Gasteiger partial charge in [0.05, 0.1) is 12.7 Å². The van der Waals surface area contributed by atoms with E-state index in [0.717, 1.165) is 19.4 Å². The van der Waals surface area contributed by atoms with Crippen molar-refractivity contribution < 1.29 is 9.59 Å². The first-order valence-corrected chi connectivity index (χ1v) is 5.03. The molecule has 0 aromatic carbocycles. The lowest BCUT2D eigenvalue weighted by molar-refractivity contribution is -0.115. The summed E-state index contributed by atoms with van der Waals surface area (Å²) in [6, 6.07) is -0.267. The van der Waals surface area contributed by atoms with Crippen LogP contribution in [-0.4, -0.2) is 31.2 Å². The highest BCUT2D eigenvalue weighted by molar-refractivity contribution is 5.92. The monoisotopic (exact) mass is 210 g/mol. The van der Waals surface area contributed by atoms with Crippen molar-refractivity contribution in [1.29, 1.82) is 0 Å². The van der Waals surface area contributed by atoms with Crippen LogP contribution in [-0.2, 0) is 4.79 Å². The first-order chi connectivity index (χ1) is 7.24. The molecule has 82 valence electrons. The van der Waals surface area contributed by atoms with Gasteiger partial charge in [-0.15, -0.1) is 0 Å². The molecule has 0 bridgehead atoms. The highest BCUT2D eigenvalue weighted by atomic mass is 16.2. The van der Waals surface area contributed by atoms with Crippen LogP contribution in [0.1, 0.15) is 12.8 Å². The van der Waals surface area contributed by atoms with Gasteiger partial charge in [-0.1, -0.05) is 0 Å². The van der Waals surface area contributed by atoms with Gasteiger partial charge in [0.25, 0.3) is 0 Å². The van der Waals surface area contributed by atoms with E-state index in [1.54, 1.807) is 0 Å². The average molecular weight is 210 g/mol. The summed E-state index contributed by atoms with van der Waals surface area (Å²) < 4.78 is 0. The Morgan fingerprint density at radius 3 is 3.00 bits per heavy atom. The molecule has 3 amide bonds. The van der Waals surface area contributed by atoms with Crippen LogP contribution < -0.4 is 21.3 Å². The van der Waals surface area contributed by atoms with Crippen molar-refractivity contribution in [2.24, 2.45) is 0 Å². The SMILES string of the molecule is O=C1C=C(NC(=O)NC2CCCN2)CN1. The molecule has 0 aromatic rings. The molecule has 6 nitrogen and oxygen atoms in total. The molecule has 0 radical (unpaired) electrons. The summed E-state index contributed by atoms with van der Waals surface area (Å²) in [5.74, 6) is -0.163. The number of nitrogens with one attached hydrogen (secondary N) is 4. The molecule has 0 spiro atoms. The quantitative estimate of drug-likeness (QED) is 0.472. The maximum Gasteiger partial charge on any atom is 0.320 e. The second kappa shape index (κ2) is 4.31. The lowest BCUT2D eigenvalue weighted by Crippen LogP contribution is -2.46. The molecule has 4 N–H and O–H groups in total. The van der Waals surface area contributed by atoms with E-state index in [4.69, 9.17) is 0 Å². The molecule has 1 fully saturated rings. The Kier molecular flexibility index (Phi) is 2.86. The third kappa shape index (κ3) is 2.69. The molecule has 2 heterocycles. The molecule has 0 saturated carbocycles. The van der Waals surface area contributed by atoms with Gasteiger partial charge in [-0.25, -0.2) is 4.79 Å². The topological polar surface area (TPSA) is 82.3 Å². The van der Waals surface area contributed by atoms with Crippen LogP contribution in [0.25, 0.3) is 0 Å². The van der Waals surface area contributed by atoms with Crippen molar-refractivity contribution in [3.8, 4) is 0 Å². The van der Waals surface area contributed by atoms with Crippen molar-refractivity contribution in [3.05, 3.63) is 11.8 Å². The predicted molar refractivity (Wildman–Crippen MR) is 53.8 cm³/mol. The van der Waals surface area contributed by atoms with E-state index in [1.165, 1.54) is 6.08 Å². The summed E-state index contributed by atoms with van der Waals surface area (Å²) in [6.45, 7) is 1.33. The zero-order valence-corrected chi connectivity index (χ0v) is 8.30. The number of amides is 3. The maximum atomic E-state index is 11.4. The summed E-state index contributed by atoms with van der Waals surface area (Å²) in [6.07, 6.45) is 3.47. The van der Waals surface area contributed by atoms with E-state index < -0.39 is 0 Å². The van der Waals surface area contributed by atoms with E-state index in [-0.39, 0.29) is 18.1 Å². The number of carbonyl (C=O) groups excluding carboxylic acids is 2. The van der Waals surface area contributed by atoms with E-state index in [0.29, 0.717) is 12.2 Å². The minimum Gasteiger partial charge on any atom is -0.347 e. The van der Waals surface area contributed by atoms with Crippen molar-refractivity contribution in [3.63, 3.8) is 0 Å². The third-order valence-corrected chi connectivity index (χ3v) is 2.40. The van der Waals surface area contributed by atoms with Crippen LogP contribution in [0.15, 0.2) is 11.8 Å². The molecular formula is C9H14N4O2. The standard InChI is InChI=1S/C9H14N4O2/c14-8-4-6(5-11-8)12-9(15)13-7-2-1-3-10-7/h4,7,10H,1-3,5H2,(H,11,14)(H2,12,13,15). The second-order valence-corrected chi connectivity index (χ2v) is 3.63. The van der Waals surface area contributed by atoms with Crippen LogP contribution >= 0.6 is 0 Å². The minimum absolute atomic E-state index is 0.0515. The molecule has 0 aromatic heterocycles. The van der Waals surface area contributed by atoms with E-state index in [9.17, 15) is 9.59 Å². The minimum atomic E-state index is -0.267. The fourth-order valence-corrected chi connectivity index (χ4v) is 1.67. The summed E-state index contributed by atoms with van der Waals surface area (Å²) in [4.78, 5) is 22.2. The molecule has 6 heteroatoms. The summed E-state index contributed by atoms with van der Waals surface area (Å²) in [7, 11) is 0. The highest BCUT2D eigenvalue weighted by Gasteiger charge is 2.18. The molecule has 2 rings (SSSR count). The molecule has 1 unspecified atom stereocenters. The van der Waals surface area contributed by atoms with Gasteiger partial charge in [-0.2, -0.15) is 0 Å². The lowest BCUT2D eigenvalue weighted by Gasteiger charge is -2.13. The van der Waals surface area contributed by atoms with Crippen molar-refractivity contribution in [2.45, 2.75) is 19.0 Å². The lowest BCUT2D eigenvalue weighted by atomic mass is 10.3. The van der Waals surface area contributed by atoms with E-state index in [1.807, 2.05) is 0 Å². The second-order valence-electron chi connectivity index (χ2n) is 3.63. The van der Waals surface area contributed by atoms with Gasteiger partial charge in [0, 0.05) is 11.8 Å². The molecule has 2 aliphatic rings. The molecular weight excluding hydrogens is 196 g/mol. The smallest absolute Gasteiger partial charge is 0.320 e. The van der Waals surface area contributed by atoms with Gasteiger partial charge >= 0.3 is 6.03 Å². The molecule has 1 saturated heterocycles. The van der Waals surface area contributed by atoms with Gasteiger partial charge in [0.2, 0.25) is 5.91 Å². The highest BCUT2D eigenvalue weighted by Crippen LogP contribution is 2.01. The Hall–Kier alpha value is -1.56. The van der Waals surface area contributed by atoms with Crippen molar-refractivity contribution in [2.75, 3.05) is 13.1 Å². The van der Waals surface area contributed by atoms with Gasteiger partial charge in [-0.05, 0) is 19.4 Å². The summed E-state index contributed by atoms with van der Waals surface area (Å²) in [5, 5.41) is 11.1. The number of rotatable bonds is 2. The van der Waals surface area contributed by atoms with Gasteiger partial charge in [0.1, 0.15) is 0 Å². The van der Waals surface area contributed by atoms with Crippen LogP contribution in [0.3, 0.4) is 0 Å². The Balaban J connectivity index is 1.77. The fraction of sp³-hybridized carbons (Fsp3) is 0.556.